The van der Waals surface area contributed by atoms with Crippen molar-refractivity contribution in [2.24, 2.45) is 0 Å². The van der Waals surface area contributed by atoms with Crippen molar-refractivity contribution < 1.29 is 0 Å². The Morgan fingerprint density at radius 1 is 1.00 bits per heavy atom. The first-order chi connectivity index (χ1) is 10.3. The largest absolute Gasteiger partial charge is 0.314 e. The molecule has 0 aromatic heterocycles. The number of aryl methyl sites for hydroxylation is 1. The van der Waals surface area contributed by atoms with E-state index in [0.717, 1.165) is 37.6 Å². The van der Waals surface area contributed by atoms with Crippen LogP contribution in [0.25, 0.3) is 0 Å². The molecule has 0 aliphatic carbocycles. The molecule has 2 heterocycles. The maximum absolute atomic E-state index is 3.69. The first-order valence-corrected chi connectivity index (χ1v) is 8.87. The third-order valence-electron chi connectivity index (χ3n) is 5.42. The highest BCUT2D eigenvalue weighted by atomic mass is 15.2. The number of hydrogen-bond donors (Lipinski definition) is 1. The fourth-order valence-corrected chi connectivity index (χ4v) is 4.28. The first kappa shape index (κ1) is 15.1. The second-order valence-corrected chi connectivity index (χ2v) is 6.81. The predicted octanol–water partition coefficient (Wildman–Crippen LogP) is 3.74. The predicted molar refractivity (Wildman–Crippen MR) is 89.5 cm³/mol. The Kier molecular flexibility index (Phi) is 4.97. The lowest BCUT2D eigenvalue weighted by atomic mass is 9.81. The summed E-state index contributed by atoms with van der Waals surface area (Å²) in [6.45, 7) is 6.73. The zero-order valence-corrected chi connectivity index (χ0v) is 13.6. The van der Waals surface area contributed by atoms with Crippen LogP contribution in [0.5, 0.6) is 0 Å². The van der Waals surface area contributed by atoms with Crippen molar-refractivity contribution in [1.82, 2.24) is 10.2 Å². The van der Waals surface area contributed by atoms with Gasteiger partial charge in [-0.3, -0.25) is 4.90 Å². The molecule has 0 radical (unpaired) electrons. The van der Waals surface area contributed by atoms with Gasteiger partial charge in [-0.15, -0.1) is 0 Å². The van der Waals surface area contributed by atoms with Crippen LogP contribution in [0.3, 0.4) is 0 Å². The lowest BCUT2D eigenvalue weighted by molar-refractivity contribution is 0.0180. The monoisotopic (exact) mass is 286 g/mol. The van der Waals surface area contributed by atoms with Gasteiger partial charge in [-0.25, -0.2) is 0 Å². The second-order valence-electron chi connectivity index (χ2n) is 6.81. The zero-order chi connectivity index (χ0) is 14.7. The van der Waals surface area contributed by atoms with Crippen molar-refractivity contribution in [3.63, 3.8) is 0 Å². The lowest BCUT2D eigenvalue weighted by Crippen LogP contribution is -2.55. The van der Waals surface area contributed by atoms with Gasteiger partial charge in [0, 0.05) is 24.7 Å². The van der Waals surface area contributed by atoms with Crippen LogP contribution in [0.2, 0.25) is 0 Å². The quantitative estimate of drug-likeness (QED) is 0.887. The summed E-state index contributed by atoms with van der Waals surface area (Å²) in [6.07, 6.45) is 8.05. The number of nitrogens with one attached hydrogen (secondary N) is 1. The van der Waals surface area contributed by atoms with E-state index >= 15 is 0 Å². The van der Waals surface area contributed by atoms with E-state index < -0.39 is 0 Å². The molecule has 0 spiro atoms. The van der Waals surface area contributed by atoms with Gasteiger partial charge in [-0.1, -0.05) is 44.5 Å². The smallest absolute Gasteiger partial charge is 0.0239 e. The van der Waals surface area contributed by atoms with Crippen LogP contribution >= 0.6 is 0 Å². The van der Waals surface area contributed by atoms with Crippen LogP contribution in [0.4, 0.5) is 0 Å². The second kappa shape index (κ2) is 6.93. The van der Waals surface area contributed by atoms with Gasteiger partial charge in [0.15, 0.2) is 0 Å². The van der Waals surface area contributed by atoms with Gasteiger partial charge in [0.1, 0.15) is 0 Å². The number of nitrogens with zero attached hydrogens (tertiary/aromatic N) is 1. The molecule has 2 fully saturated rings. The van der Waals surface area contributed by atoms with E-state index in [1.807, 2.05) is 0 Å². The molecule has 1 aromatic rings. The molecule has 2 unspecified atom stereocenters. The van der Waals surface area contributed by atoms with E-state index in [1.165, 1.54) is 43.2 Å². The van der Waals surface area contributed by atoms with E-state index in [2.05, 4.69) is 48.3 Å². The molecule has 0 saturated carbocycles. The highest BCUT2D eigenvalue weighted by molar-refractivity contribution is 5.22. The fraction of sp³-hybridized carbons (Fsp3) is 0.684. The van der Waals surface area contributed by atoms with E-state index in [0.29, 0.717) is 0 Å². The Bertz CT molecular complexity index is 425. The van der Waals surface area contributed by atoms with Gasteiger partial charge in [0.25, 0.3) is 0 Å². The van der Waals surface area contributed by atoms with Gasteiger partial charge < -0.3 is 5.32 Å². The third kappa shape index (κ3) is 3.49. The van der Waals surface area contributed by atoms with Gasteiger partial charge in [-0.05, 0) is 49.8 Å². The fourth-order valence-electron chi connectivity index (χ4n) is 4.28. The number of benzene rings is 1. The Morgan fingerprint density at radius 3 is 2.19 bits per heavy atom. The molecule has 21 heavy (non-hydrogen) atoms. The Balaban J connectivity index is 1.67. The average molecular weight is 286 g/mol. The van der Waals surface area contributed by atoms with Crippen LogP contribution in [-0.2, 0) is 13.0 Å². The van der Waals surface area contributed by atoms with Crippen molar-refractivity contribution in [3.8, 4) is 0 Å². The minimum atomic E-state index is 0.754. The highest BCUT2D eigenvalue weighted by Crippen LogP contribution is 2.35. The van der Waals surface area contributed by atoms with Crippen LogP contribution in [-0.4, -0.2) is 29.6 Å². The molecule has 2 nitrogen and oxygen atoms in total. The van der Waals surface area contributed by atoms with Crippen molar-refractivity contribution in [2.75, 3.05) is 6.54 Å². The molecule has 2 atom stereocenters. The summed E-state index contributed by atoms with van der Waals surface area (Å²) in [5.41, 5.74) is 2.94. The van der Waals surface area contributed by atoms with Gasteiger partial charge in [0.2, 0.25) is 0 Å². The average Bonchev–Trinajstić information content (AvgIpc) is 2.49. The van der Waals surface area contributed by atoms with E-state index in [1.54, 1.807) is 0 Å². The number of piperidine rings is 2. The summed E-state index contributed by atoms with van der Waals surface area (Å²) in [7, 11) is 0. The summed E-state index contributed by atoms with van der Waals surface area (Å²) >= 11 is 0. The van der Waals surface area contributed by atoms with Gasteiger partial charge in [-0.2, -0.15) is 0 Å². The normalized spacial score (nSPS) is 29.5. The number of hydrogen-bond acceptors (Lipinski definition) is 2. The lowest BCUT2D eigenvalue weighted by Gasteiger charge is -2.49. The van der Waals surface area contributed by atoms with Crippen molar-refractivity contribution in [3.05, 3.63) is 35.4 Å². The SMILES string of the molecule is CCNC1CC2CCCC(C1)N2Cc1ccc(CC)cc1. The Labute approximate surface area is 129 Å². The van der Waals surface area contributed by atoms with Crippen LogP contribution in [0.1, 0.15) is 57.1 Å². The van der Waals surface area contributed by atoms with Crippen LogP contribution < -0.4 is 5.32 Å². The summed E-state index contributed by atoms with van der Waals surface area (Å²) in [5, 5.41) is 3.69. The maximum Gasteiger partial charge on any atom is 0.0239 e. The maximum atomic E-state index is 3.69. The van der Waals surface area contributed by atoms with E-state index in [-0.39, 0.29) is 0 Å². The standard InChI is InChI=1S/C19H30N2/c1-3-15-8-10-16(11-9-15)14-21-18-6-5-7-19(21)13-17(12-18)20-4-2/h8-11,17-20H,3-7,12-14H2,1-2H3. The van der Waals surface area contributed by atoms with Crippen molar-refractivity contribution in [1.29, 1.82) is 0 Å². The Hall–Kier alpha value is -0.860. The molecule has 3 rings (SSSR count). The van der Waals surface area contributed by atoms with Crippen molar-refractivity contribution >= 4 is 0 Å². The topological polar surface area (TPSA) is 15.3 Å². The molecular formula is C19H30N2. The number of fused-ring (bicyclic) bond motifs is 2. The number of rotatable bonds is 5. The minimum Gasteiger partial charge on any atom is -0.314 e. The summed E-state index contributed by atoms with van der Waals surface area (Å²) in [4.78, 5) is 2.80. The minimum absolute atomic E-state index is 0.754. The summed E-state index contributed by atoms with van der Waals surface area (Å²) in [6, 6.07) is 11.6. The molecule has 2 aliphatic heterocycles. The first-order valence-electron chi connectivity index (χ1n) is 8.87. The molecule has 0 amide bonds. The summed E-state index contributed by atoms with van der Waals surface area (Å²) < 4.78 is 0. The molecule has 2 aliphatic rings. The zero-order valence-electron chi connectivity index (χ0n) is 13.6. The molecule has 2 saturated heterocycles. The molecular weight excluding hydrogens is 256 g/mol. The van der Waals surface area contributed by atoms with E-state index in [4.69, 9.17) is 0 Å². The molecule has 2 heteroatoms. The Morgan fingerprint density at radius 2 is 1.62 bits per heavy atom. The van der Waals surface area contributed by atoms with Gasteiger partial charge in [0.05, 0.1) is 0 Å². The molecule has 116 valence electrons. The van der Waals surface area contributed by atoms with Gasteiger partial charge >= 0.3 is 0 Å². The molecule has 1 aromatic carbocycles. The third-order valence-corrected chi connectivity index (χ3v) is 5.42. The van der Waals surface area contributed by atoms with E-state index in [9.17, 15) is 0 Å². The van der Waals surface area contributed by atoms with Crippen molar-refractivity contribution in [2.45, 2.75) is 77.0 Å². The molecule has 2 bridgehead atoms. The van der Waals surface area contributed by atoms with Crippen LogP contribution in [0, 0.1) is 0 Å². The molecule has 1 N–H and O–H groups in total. The summed E-state index contributed by atoms with van der Waals surface area (Å²) in [5.74, 6) is 0. The highest BCUT2D eigenvalue weighted by Gasteiger charge is 2.37. The van der Waals surface area contributed by atoms with Crippen LogP contribution in [0.15, 0.2) is 24.3 Å².